The number of carbonyl (C=O) groups excluding carboxylic acids is 1. The maximum Gasteiger partial charge on any atom is 0.245 e. The summed E-state index contributed by atoms with van der Waals surface area (Å²) in [4.78, 5) is 19.9. The van der Waals surface area contributed by atoms with Crippen LogP contribution in [0.25, 0.3) is 10.9 Å². The Hall–Kier alpha value is -2.40. The molecule has 0 aliphatic carbocycles. The van der Waals surface area contributed by atoms with Crippen LogP contribution >= 0.6 is 11.6 Å². The van der Waals surface area contributed by atoms with E-state index in [1.54, 1.807) is 6.20 Å². The Morgan fingerprint density at radius 1 is 1.30 bits per heavy atom. The van der Waals surface area contributed by atoms with Gasteiger partial charge in [-0.25, -0.2) is 4.98 Å². The molecule has 0 bridgehead atoms. The van der Waals surface area contributed by atoms with Crippen LogP contribution in [-0.2, 0) is 11.3 Å². The van der Waals surface area contributed by atoms with Gasteiger partial charge in [0.1, 0.15) is 6.54 Å². The van der Waals surface area contributed by atoms with Crippen molar-refractivity contribution in [3.05, 3.63) is 54.1 Å². The number of hydrogen-bond donors (Lipinski definition) is 1. The van der Waals surface area contributed by atoms with Crippen LogP contribution in [0.5, 0.6) is 0 Å². The van der Waals surface area contributed by atoms with Crippen molar-refractivity contribution in [3.63, 3.8) is 0 Å². The summed E-state index contributed by atoms with van der Waals surface area (Å²) < 4.78 is 1.84. The number of anilines is 1. The van der Waals surface area contributed by atoms with Crippen molar-refractivity contribution in [2.45, 2.75) is 6.54 Å². The number of halogens is 1. The second kappa shape index (κ2) is 5.30. The summed E-state index contributed by atoms with van der Waals surface area (Å²) in [6.07, 6.45) is 6.44. The molecule has 3 aromatic rings. The fourth-order valence-corrected chi connectivity index (χ4v) is 2.16. The van der Waals surface area contributed by atoms with Crippen molar-refractivity contribution >= 4 is 34.2 Å². The van der Waals surface area contributed by atoms with Gasteiger partial charge in [-0.15, -0.1) is 0 Å². The molecule has 2 heterocycles. The zero-order valence-electron chi connectivity index (χ0n) is 10.5. The Balaban J connectivity index is 1.79. The third-order valence-corrected chi connectivity index (χ3v) is 3.12. The zero-order chi connectivity index (χ0) is 13.9. The number of nitrogens with one attached hydrogen (secondary N) is 1. The van der Waals surface area contributed by atoms with E-state index in [0.717, 1.165) is 10.9 Å². The minimum Gasteiger partial charge on any atom is -0.338 e. The van der Waals surface area contributed by atoms with Crippen LogP contribution < -0.4 is 5.32 Å². The first kappa shape index (κ1) is 12.6. The number of rotatable bonds is 3. The number of benzene rings is 1. The molecule has 0 radical (unpaired) electrons. The molecule has 0 saturated carbocycles. The summed E-state index contributed by atoms with van der Waals surface area (Å²) >= 11 is 5.98. The molecular weight excluding hydrogens is 276 g/mol. The van der Waals surface area contributed by atoms with Gasteiger partial charge in [-0.2, -0.15) is 0 Å². The molecule has 0 aliphatic heterocycles. The third kappa shape index (κ3) is 2.62. The predicted molar refractivity (Wildman–Crippen MR) is 77.6 cm³/mol. The van der Waals surface area contributed by atoms with E-state index >= 15 is 0 Å². The third-order valence-electron chi connectivity index (χ3n) is 2.88. The predicted octanol–water partition coefficient (Wildman–Crippen LogP) is 2.72. The van der Waals surface area contributed by atoms with Crippen LogP contribution in [0.4, 0.5) is 5.82 Å². The van der Waals surface area contributed by atoms with E-state index in [4.69, 9.17) is 11.6 Å². The number of amides is 1. The molecule has 3 rings (SSSR count). The molecule has 0 atom stereocenters. The Bertz CT molecular complexity index is 754. The maximum absolute atomic E-state index is 12.0. The van der Waals surface area contributed by atoms with Crippen molar-refractivity contribution in [2.75, 3.05) is 5.32 Å². The molecule has 0 aliphatic rings. The summed E-state index contributed by atoms with van der Waals surface area (Å²) in [5.74, 6) is 0.273. The summed E-state index contributed by atoms with van der Waals surface area (Å²) in [6.45, 7) is 0.195. The number of nitrogens with zero attached hydrogens (tertiary/aromatic N) is 3. The lowest BCUT2D eigenvalue weighted by Crippen LogP contribution is -2.18. The van der Waals surface area contributed by atoms with Crippen LogP contribution in [0.3, 0.4) is 0 Å². The molecule has 2 aromatic heterocycles. The summed E-state index contributed by atoms with van der Waals surface area (Å²) in [5.41, 5.74) is 0.923. The largest absolute Gasteiger partial charge is 0.338 e. The number of carbonyl (C=O) groups is 1. The molecule has 100 valence electrons. The number of hydrogen-bond acceptors (Lipinski definition) is 3. The first-order chi connectivity index (χ1) is 9.72. The minimum absolute atomic E-state index is 0.164. The van der Waals surface area contributed by atoms with Crippen LogP contribution in [0, 0.1) is 0 Å². The SMILES string of the molecule is O=C(Cn1ccc2ccc(Cl)cc21)Nc1cnccn1. The van der Waals surface area contributed by atoms with Gasteiger partial charge in [-0.05, 0) is 23.6 Å². The second-order valence-corrected chi connectivity index (χ2v) is 4.72. The molecule has 0 fully saturated rings. The topological polar surface area (TPSA) is 59.8 Å². The number of fused-ring (bicyclic) bond motifs is 1. The van der Waals surface area contributed by atoms with E-state index in [1.165, 1.54) is 12.4 Å². The second-order valence-electron chi connectivity index (χ2n) is 4.29. The molecular formula is C14H11ClN4O. The van der Waals surface area contributed by atoms with Gasteiger partial charge < -0.3 is 9.88 Å². The van der Waals surface area contributed by atoms with E-state index in [9.17, 15) is 4.79 Å². The lowest BCUT2D eigenvalue weighted by Gasteiger charge is -2.06. The van der Waals surface area contributed by atoms with Crippen LogP contribution in [-0.4, -0.2) is 20.4 Å². The van der Waals surface area contributed by atoms with Crippen molar-refractivity contribution < 1.29 is 4.79 Å². The smallest absolute Gasteiger partial charge is 0.245 e. The summed E-state index contributed by atoms with van der Waals surface area (Å²) in [5, 5.41) is 4.38. The molecule has 0 saturated heterocycles. The van der Waals surface area contributed by atoms with Crippen molar-refractivity contribution in [1.29, 1.82) is 0 Å². The lowest BCUT2D eigenvalue weighted by molar-refractivity contribution is -0.116. The van der Waals surface area contributed by atoms with Gasteiger partial charge in [0.15, 0.2) is 5.82 Å². The van der Waals surface area contributed by atoms with E-state index in [1.807, 2.05) is 35.0 Å². The van der Waals surface area contributed by atoms with Gasteiger partial charge in [0, 0.05) is 29.1 Å². The monoisotopic (exact) mass is 286 g/mol. The minimum atomic E-state index is -0.164. The highest BCUT2D eigenvalue weighted by molar-refractivity contribution is 6.31. The first-order valence-electron chi connectivity index (χ1n) is 6.02. The normalized spacial score (nSPS) is 10.7. The van der Waals surface area contributed by atoms with Crippen molar-refractivity contribution in [2.24, 2.45) is 0 Å². The van der Waals surface area contributed by atoms with Gasteiger partial charge in [0.2, 0.25) is 5.91 Å². The first-order valence-corrected chi connectivity index (χ1v) is 6.40. The van der Waals surface area contributed by atoms with E-state index in [-0.39, 0.29) is 12.5 Å². The highest BCUT2D eigenvalue weighted by Crippen LogP contribution is 2.20. The van der Waals surface area contributed by atoms with Crippen LogP contribution in [0.15, 0.2) is 49.1 Å². The molecule has 6 heteroatoms. The fourth-order valence-electron chi connectivity index (χ4n) is 2.00. The standard InChI is InChI=1S/C14H11ClN4O/c15-11-2-1-10-3-6-19(12(10)7-11)9-14(20)18-13-8-16-4-5-17-13/h1-8H,9H2,(H,17,18,20). The van der Waals surface area contributed by atoms with Crippen LogP contribution in [0.1, 0.15) is 0 Å². The summed E-state index contributed by atoms with van der Waals surface area (Å²) in [6, 6.07) is 7.54. The maximum atomic E-state index is 12.0. The van der Waals surface area contributed by atoms with Gasteiger partial charge in [-0.1, -0.05) is 17.7 Å². The van der Waals surface area contributed by atoms with Crippen molar-refractivity contribution in [3.8, 4) is 0 Å². The molecule has 20 heavy (non-hydrogen) atoms. The quantitative estimate of drug-likeness (QED) is 0.805. The van der Waals surface area contributed by atoms with E-state index in [0.29, 0.717) is 10.8 Å². The highest BCUT2D eigenvalue weighted by atomic mass is 35.5. The summed E-state index contributed by atoms with van der Waals surface area (Å²) in [7, 11) is 0. The molecule has 1 N–H and O–H groups in total. The Kier molecular flexibility index (Phi) is 3.35. The molecule has 0 unspecified atom stereocenters. The van der Waals surface area contributed by atoms with Gasteiger partial charge >= 0.3 is 0 Å². The Morgan fingerprint density at radius 3 is 3.00 bits per heavy atom. The van der Waals surface area contributed by atoms with Gasteiger partial charge in [-0.3, -0.25) is 9.78 Å². The Morgan fingerprint density at radius 2 is 2.20 bits per heavy atom. The molecule has 0 spiro atoms. The molecule has 1 aromatic carbocycles. The fraction of sp³-hybridized carbons (Fsp3) is 0.0714. The van der Waals surface area contributed by atoms with Gasteiger partial charge in [0.25, 0.3) is 0 Å². The lowest BCUT2D eigenvalue weighted by atomic mass is 10.2. The van der Waals surface area contributed by atoms with E-state index < -0.39 is 0 Å². The average Bonchev–Trinajstić information content (AvgIpc) is 2.82. The van der Waals surface area contributed by atoms with Crippen LogP contribution in [0.2, 0.25) is 5.02 Å². The number of aromatic nitrogens is 3. The van der Waals surface area contributed by atoms with Gasteiger partial charge in [0.05, 0.1) is 6.20 Å². The van der Waals surface area contributed by atoms with E-state index in [2.05, 4.69) is 15.3 Å². The average molecular weight is 287 g/mol. The highest BCUT2D eigenvalue weighted by Gasteiger charge is 2.07. The van der Waals surface area contributed by atoms with Crippen molar-refractivity contribution in [1.82, 2.24) is 14.5 Å². The zero-order valence-corrected chi connectivity index (χ0v) is 11.2. The Labute approximate surface area is 120 Å². The molecule has 5 nitrogen and oxygen atoms in total. The molecule has 1 amide bonds.